The average Bonchev–Trinajstić information content (AvgIpc) is 3.52. The number of thiophene rings is 1. The van der Waals surface area contributed by atoms with E-state index in [0.29, 0.717) is 18.7 Å². The Kier molecular flexibility index (Phi) is 6.77. The molecule has 0 fully saturated rings. The third-order valence-electron chi connectivity index (χ3n) is 4.91. The van der Waals surface area contributed by atoms with Crippen molar-refractivity contribution in [3.8, 4) is 26.9 Å². The Bertz CT molecular complexity index is 1250. The van der Waals surface area contributed by atoms with Crippen molar-refractivity contribution in [2.45, 2.75) is 19.4 Å². The fourth-order valence-electron chi connectivity index (χ4n) is 3.12. The van der Waals surface area contributed by atoms with Crippen LogP contribution in [0.15, 0.2) is 64.1 Å². The number of carbonyl (C=O) groups excluding carboxylic acids is 1. The zero-order chi connectivity index (χ0) is 22.5. The topological polar surface area (TPSA) is 86.1 Å². The van der Waals surface area contributed by atoms with E-state index in [1.807, 2.05) is 47.2 Å². The first-order chi connectivity index (χ1) is 15.5. The van der Waals surface area contributed by atoms with Crippen LogP contribution in [-0.4, -0.2) is 34.3 Å². The molecule has 0 bridgehead atoms. The number of rotatable bonds is 8. The summed E-state index contributed by atoms with van der Waals surface area (Å²) < 4.78 is 6.42. The monoisotopic (exact) mass is 466 g/mol. The van der Waals surface area contributed by atoms with Gasteiger partial charge in [-0.3, -0.25) is 9.59 Å². The molecule has 0 aliphatic heterocycles. The molecule has 1 amide bonds. The van der Waals surface area contributed by atoms with Gasteiger partial charge >= 0.3 is 0 Å². The molecular weight excluding hydrogens is 444 g/mol. The molecule has 1 unspecified atom stereocenters. The van der Waals surface area contributed by atoms with Crippen LogP contribution in [0, 0.1) is 0 Å². The fourth-order valence-corrected chi connectivity index (χ4v) is 4.67. The number of thiazole rings is 1. The molecule has 0 aliphatic rings. The Morgan fingerprint density at radius 2 is 1.97 bits per heavy atom. The van der Waals surface area contributed by atoms with Gasteiger partial charge in [-0.15, -0.1) is 22.7 Å². The van der Waals surface area contributed by atoms with Crippen LogP contribution in [0.1, 0.15) is 18.7 Å². The standard InChI is InChI=1S/C23H22N4O3S2/c1-15(27-21(28)10-9-19(26-27)20-4-3-13-31-20)22(29)24-12-11-17-14-32-23(25-17)16-5-7-18(30-2)8-6-16/h3-10,13-15H,11-12H2,1-2H3,(H,24,29). The maximum absolute atomic E-state index is 12.6. The zero-order valence-corrected chi connectivity index (χ0v) is 19.3. The number of nitrogens with one attached hydrogen (secondary N) is 1. The Balaban J connectivity index is 1.36. The number of hydrogen-bond donors (Lipinski definition) is 1. The molecule has 0 spiro atoms. The lowest BCUT2D eigenvalue weighted by molar-refractivity contribution is -0.124. The largest absolute Gasteiger partial charge is 0.497 e. The summed E-state index contributed by atoms with van der Waals surface area (Å²) in [5, 5.41) is 12.1. The lowest BCUT2D eigenvalue weighted by atomic mass is 10.2. The van der Waals surface area contributed by atoms with Crippen LogP contribution in [0.2, 0.25) is 0 Å². The average molecular weight is 467 g/mol. The summed E-state index contributed by atoms with van der Waals surface area (Å²) in [5.74, 6) is 0.547. The number of amides is 1. The highest BCUT2D eigenvalue weighted by Crippen LogP contribution is 2.26. The lowest BCUT2D eigenvalue weighted by Crippen LogP contribution is -2.37. The van der Waals surface area contributed by atoms with Crippen molar-refractivity contribution in [3.63, 3.8) is 0 Å². The molecule has 1 atom stereocenters. The maximum Gasteiger partial charge on any atom is 0.267 e. The van der Waals surface area contributed by atoms with Crippen LogP contribution in [0.3, 0.4) is 0 Å². The summed E-state index contributed by atoms with van der Waals surface area (Å²) >= 11 is 3.09. The van der Waals surface area contributed by atoms with Gasteiger partial charge in [-0.05, 0) is 48.7 Å². The SMILES string of the molecule is COc1ccc(-c2nc(CCNC(=O)C(C)n3nc(-c4cccs4)ccc3=O)cs2)cc1. The predicted molar refractivity (Wildman–Crippen MR) is 127 cm³/mol. The normalized spacial score (nSPS) is 11.8. The number of carbonyl (C=O) groups is 1. The lowest BCUT2D eigenvalue weighted by Gasteiger charge is -2.14. The first kappa shape index (κ1) is 21.9. The Labute approximate surface area is 193 Å². The number of nitrogens with zero attached hydrogens (tertiary/aromatic N) is 3. The minimum Gasteiger partial charge on any atom is -0.497 e. The summed E-state index contributed by atoms with van der Waals surface area (Å²) in [6, 6.07) is 14.0. The minimum absolute atomic E-state index is 0.256. The molecular formula is C23H22N4O3S2. The van der Waals surface area contributed by atoms with Crippen molar-refractivity contribution in [2.75, 3.05) is 13.7 Å². The van der Waals surface area contributed by atoms with Gasteiger partial charge in [0.2, 0.25) is 5.91 Å². The molecule has 0 saturated heterocycles. The van der Waals surface area contributed by atoms with Gasteiger partial charge in [0.1, 0.15) is 22.5 Å². The van der Waals surface area contributed by atoms with Crippen LogP contribution in [-0.2, 0) is 11.2 Å². The quantitative estimate of drug-likeness (QED) is 0.424. The van der Waals surface area contributed by atoms with E-state index in [1.165, 1.54) is 22.1 Å². The first-order valence-electron chi connectivity index (χ1n) is 10.1. The predicted octanol–water partition coefficient (Wildman–Crippen LogP) is 4.02. The Morgan fingerprint density at radius 1 is 1.16 bits per heavy atom. The van der Waals surface area contributed by atoms with Crippen molar-refractivity contribution in [1.29, 1.82) is 0 Å². The molecule has 9 heteroatoms. The molecule has 3 aromatic heterocycles. The molecule has 1 aromatic carbocycles. The van der Waals surface area contributed by atoms with Crippen molar-refractivity contribution in [3.05, 3.63) is 75.3 Å². The van der Waals surface area contributed by atoms with E-state index in [0.717, 1.165) is 26.9 Å². The van der Waals surface area contributed by atoms with E-state index in [4.69, 9.17) is 4.74 Å². The summed E-state index contributed by atoms with van der Waals surface area (Å²) in [4.78, 5) is 30.5. The number of hydrogen-bond acceptors (Lipinski definition) is 7. The van der Waals surface area contributed by atoms with E-state index in [1.54, 1.807) is 31.4 Å². The summed E-state index contributed by atoms with van der Waals surface area (Å²) in [6.07, 6.45) is 0.600. The van der Waals surface area contributed by atoms with Crippen LogP contribution in [0.5, 0.6) is 5.75 Å². The number of aromatic nitrogens is 3. The van der Waals surface area contributed by atoms with Crippen LogP contribution in [0.4, 0.5) is 0 Å². The smallest absolute Gasteiger partial charge is 0.267 e. The highest BCUT2D eigenvalue weighted by atomic mass is 32.1. The van der Waals surface area contributed by atoms with Crippen molar-refractivity contribution < 1.29 is 9.53 Å². The second-order valence-corrected chi connectivity index (χ2v) is 8.87. The number of benzene rings is 1. The fraction of sp³-hybridized carbons (Fsp3) is 0.217. The van der Waals surface area contributed by atoms with Crippen molar-refractivity contribution >= 4 is 28.6 Å². The van der Waals surface area contributed by atoms with Gasteiger partial charge in [-0.25, -0.2) is 9.67 Å². The van der Waals surface area contributed by atoms with Crippen LogP contribution < -0.4 is 15.6 Å². The number of ether oxygens (including phenoxy) is 1. The molecule has 4 rings (SSSR count). The van der Waals surface area contributed by atoms with Gasteiger partial charge in [0, 0.05) is 30.0 Å². The van der Waals surface area contributed by atoms with Gasteiger partial charge < -0.3 is 10.1 Å². The zero-order valence-electron chi connectivity index (χ0n) is 17.6. The Morgan fingerprint density at radius 3 is 2.69 bits per heavy atom. The molecule has 7 nitrogen and oxygen atoms in total. The molecule has 164 valence electrons. The number of methoxy groups -OCH3 is 1. The van der Waals surface area contributed by atoms with Crippen LogP contribution in [0.25, 0.3) is 21.1 Å². The third-order valence-corrected chi connectivity index (χ3v) is 6.75. The van der Waals surface area contributed by atoms with Gasteiger partial charge in [0.05, 0.1) is 17.7 Å². The molecule has 0 saturated carbocycles. The highest BCUT2D eigenvalue weighted by molar-refractivity contribution is 7.13. The highest BCUT2D eigenvalue weighted by Gasteiger charge is 2.18. The Hall–Kier alpha value is -3.30. The molecule has 1 N–H and O–H groups in total. The molecule has 32 heavy (non-hydrogen) atoms. The van der Waals surface area contributed by atoms with E-state index in [-0.39, 0.29) is 11.5 Å². The molecule has 0 aliphatic carbocycles. The third kappa shape index (κ3) is 4.95. The molecule has 0 radical (unpaired) electrons. The summed E-state index contributed by atoms with van der Waals surface area (Å²) in [6.45, 7) is 2.10. The van der Waals surface area contributed by atoms with E-state index < -0.39 is 6.04 Å². The first-order valence-corrected chi connectivity index (χ1v) is 11.8. The van der Waals surface area contributed by atoms with Gasteiger partial charge in [-0.1, -0.05) is 6.07 Å². The maximum atomic E-state index is 12.6. The van der Waals surface area contributed by atoms with E-state index >= 15 is 0 Å². The molecule has 3 heterocycles. The van der Waals surface area contributed by atoms with Crippen molar-refractivity contribution in [2.24, 2.45) is 0 Å². The summed E-state index contributed by atoms with van der Waals surface area (Å²) in [5.41, 5.74) is 2.30. The van der Waals surface area contributed by atoms with E-state index in [9.17, 15) is 9.59 Å². The second kappa shape index (κ2) is 9.88. The van der Waals surface area contributed by atoms with E-state index in [2.05, 4.69) is 15.4 Å². The van der Waals surface area contributed by atoms with Crippen LogP contribution >= 0.6 is 22.7 Å². The van der Waals surface area contributed by atoms with Gasteiger partial charge in [0.25, 0.3) is 5.56 Å². The minimum atomic E-state index is -0.715. The molecule has 4 aromatic rings. The van der Waals surface area contributed by atoms with Gasteiger partial charge in [-0.2, -0.15) is 5.10 Å². The van der Waals surface area contributed by atoms with Crippen molar-refractivity contribution in [1.82, 2.24) is 20.1 Å². The van der Waals surface area contributed by atoms with Gasteiger partial charge in [0.15, 0.2) is 0 Å². The summed E-state index contributed by atoms with van der Waals surface area (Å²) in [7, 11) is 1.64. The second-order valence-electron chi connectivity index (χ2n) is 7.07.